The summed E-state index contributed by atoms with van der Waals surface area (Å²) in [5.74, 6) is -0.744. The molecule has 0 aliphatic rings. The molecule has 0 aliphatic carbocycles. The van der Waals surface area contributed by atoms with E-state index in [9.17, 15) is 18.0 Å². The maximum absolute atomic E-state index is 13.4. The molecule has 32 heavy (non-hydrogen) atoms. The van der Waals surface area contributed by atoms with E-state index in [-0.39, 0.29) is 18.5 Å². The van der Waals surface area contributed by atoms with Gasteiger partial charge in [-0.2, -0.15) is 0 Å². The van der Waals surface area contributed by atoms with Crippen molar-refractivity contribution in [3.8, 4) is 0 Å². The number of aryl methyl sites for hydroxylation is 2. The largest absolute Gasteiger partial charge is 0.352 e. The van der Waals surface area contributed by atoms with Gasteiger partial charge in [0.2, 0.25) is 21.8 Å². The maximum Gasteiger partial charge on any atom is 0.244 e. The average Bonchev–Trinajstić information content (AvgIpc) is 2.68. The first-order chi connectivity index (χ1) is 14.9. The van der Waals surface area contributed by atoms with Crippen LogP contribution in [-0.4, -0.2) is 50.0 Å². The molecular formula is C24H33N3O4S. The quantitative estimate of drug-likeness (QED) is 0.625. The maximum atomic E-state index is 13.4. The highest BCUT2D eigenvalue weighted by Crippen LogP contribution is 2.22. The predicted octanol–water partition coefficient (Wildman–Crippen LogP) is 3.01. The van der Waals surface area contributed by atoms with Crippen molar-refractivity contribution in [2.24, 2.45) is 0 Å². The Labute approximate surface area is 191 Å². The standard InChI is InChI=1S/C24H33N3O4S/c1-17(2)25-24(29)20(5)26(15-21-10-8-7-9-11-21)23(28)16-27(32(6,30)31)22-13-18(3)12-19(4)14-22/h7-14,17,20H,15-16H2,1-6H3,(H,25,29)/t20-/m1/s1. The monoisotopic (exact) mass is 459 g/mol. The third-order valence-electron chi connectivity index (χ3n) is 4.97. The van der Waals surface area contributed by atoms with Crippen LogP contribution in [0.3, 0.4) is 0 Å². The number of nitrogens with one attached hydrogen (secondary N) is 1. The zero-order valence-corrected chi connectivity index (χ0v) is 20.4. The summed E-state index contributed by atoms with van der Waals surface area (Å²) in [7, 11) is -3.73. The molecule has 1 atom stereocenters. The highest BCUT2D eigenvalue weighted by Gasteiger charge is 2.30. The molecule has 0 aromatic heterocycles. The van der Waals surface area contributed by atoms with Gasteiger partial charge in [0.25, 0.3) is 0 Å². The van der Waals surface area contributed by atoms with Gasteiger partial charge in [0.15, 0.2) is 0 Å². The SMILES string of the molecule is Cc1cc(C)cc(N(CC(=O)N(Cc2ccccc2)[C@H](C)C(=O)NC(C)C)S(C)(=O)=O)c1. The van der Waals surface area contributed by atoms with Crippen molar-refractivity contribution in [1.82, 2.24) is 10.2 Å². The van der Waals surface area contributed by atoms with E-state index in [1.54, 1.807) is 19.1 Å². The molecule has 174 valence electrons. The Morgan fingerprint density at radius 1 is 0.969 bits per heavy atom. The summed E-state index contributed by atoms with van der Waals surface area (Å²) in [4.78, 5) is 27.5. The van der Waals surface area contributed by atoms with Crippen LogP contribution in [0.15, 0.2) is 48.5 Å². The number of amides is 2. The number of carbonyl (C=O) groups is 2. The second kappa shape index (κ2) is 10.6. The molecule has 0 unspecified atom stereocenters. The van der Waals surface area contributed by atoms with Crippen molar-refractivity contribution in [2.75, 3.05) is 17.1 Å². The van der Waals surface area contributed by atoms with E-state index in [0.717, 1.165) is 27.3 Å². The van der Waals surface area contributed by atoms with Crippen LogP contribution in [0.25, 0.3) is 0 Å². The second-order valence-corrected chi connectivity index (χ2v) is 10.4. The molecule has 0 aliphatic heterocycles. The number of rotatable bonds is 9. The number of anilines is 1. The smallest absolute Gasteiger partial charge is 0.244 e. The second-order valence-electron chi connectivity index (χ2n) is 8.46. The number of carbonyl (C=O) groups excluding carboxylic acids is 2. The molecule has 0 saturated carbocycles. The first-order valence-electron chi connectivity index (χ1n) is 10.6. The van der Waals surface area contributed by atoms with Gasteiger partial charge in [-0.1, -0.05) is 36.4 Å². The van der Waals surface area contributed by atoms with Gasteiger partial charge < -0.3 is 10.2 Å². The lowest BCUT2D eigenvalue weighted by molar-refractivity contribution is -0.139. The van der Waals surface area contributed by atoms with Gasteiger partial charge in [-0.25, -0.2) is 8.42 Å². The van der Waals surface area contributed by atoms with Crippen LogP contribution >= 0.6 is 0 Å². The van der Waals surface area contributed by atoms with Crippen LogP contribution in [0.1, 0.15) is 37.5 Å². The molecule has 2 rings (SSSR count). The molecule has 2 amide bonds. The fourth-order valence-corrected chi connectivity index (χ4v) is 4.31. The summed E-state index contributed by atoms with van der Waals surface area (Å²) >= 11 is 0. The van der Waals surface area contributed by atoms with Crippen LogP contribution in [0.5, 0.6) is 0 Å². The van der Waals surface area contributed by atoms with E-state index in [1.807, 2.05) is 64.1 Å². The van der Waals surface area contributed by atoms with Crippen molar-refractivity contribution >= 4 is 27.5 Å². The van der Waals surface area contributed by atoms with Gasteiger partial charge in [-0.15, -0.1) is 0 Å². The summed E-state index contributed by atoms with van der Waals surface area (Å²) in [6, 6.07) is 13.9. The number of nitrogens with zero attached hydrogens (tertiary/aromatic N) is 2. The molecule has 2 aromatic rings. The summed E-state index contributed by atoms with van der Waals surface area (Å²) in [6.45, 7) is 8.89. The highest BCUT2D eigenvalue weighted by atomic mass is 32.2. The van der Waals surface area contributed by atoms with E-state index in [1.165, 1.54) is 4.90 Å². The van der Waals surface area contributed by atoms with Crippen molar-refractivity contribution < 1.29 is 18.0 Å². The minimum atomic E-state index is -3.73. The van der Waals surface area contributed by atoms with Gasteiger partial charge in [-0.3, -0.25) is 13.9 Å². The molecule has 7 nitrogen and oxygen atoms in total. The van der Waals surface area contributed by atoms with Crippen LogP contribution < -0.4 is 9.62 Å². The van der Waals surface area contributed by atoms with Crippen molar-refractivity contribution in [2.45, 2.75) is 53.2 Å². The van der Waals surface area contributed by atoms with Crippen molar-refractivity contribution in [3.05, 3.63) is 65.2 Å². The summed E-state index contributed by atoms with van der Waals surface area (Å²) in [6.07, 6.45) is 1.08. The Hall–Kier alpha value is -2.87. The summed E-state index contributed by atoms with van der Waals surface area (Å²) < 4.78 is 26.3. The van der Waals surface area contributed by atoms with Crippen LogP contribution in [0, 0.1) is 13.8 Å². The van der Waals surface area contributed by atoms with E-state index in [2.05, 4.69) is 5.32 Å². The van der Waals surface area contributed by atoms with Crippen LogP contribution in [-0.2, 0) is 26.2 Å². The lowest BCUT2D eigenvalue weighted by atomic mass is 10.1. The number of hydrogen-bond donors (Lipinski definition) is 1. The molecular weight excluding hydrogens is 426 g/mol. The highest BCUT2D eigenvalue weighted by molar-refractivity contribution is 7.92. The molecule has 0 spiro atoms. The van der Waals surface area contributed by atoms with Crippen LogP contribution in [0.2, 0.25) is 0 Å². The van der Waals surface area contributed by atoms with Crippen LogP contribution in [0.4, 0.5) is 5.69 Å². The fraction of sp³-hybridized carbons (Fsp3) is 0.417. The van der Waals surface area contributed by atoms with E-state index in [4.69, 9.17) is 0 Å². The molecule has 1 N–H and O–H groups in total. The fourth-order valence-electron chi connectivity index (χ4n) is 3.48. The van der Waals surface area contributed by atoms with E-state index in [0.29, 0.717) is 5.69 Å². The molecule has 0 saturated heterocycles. The Balaban J connectivity index is 2.40. The Bertz CT molecular complexity index is 1030. The first-order valence-corrected chi connectivity index (χ1v) is 12.4. The summed E-state index contributed by atoms with van der Waals surface area (Å²) in [5, 5.41) is 2.83. The van der Waals surface area contributed by atoms with Gasteiger partial charge in [0.1, 0.15) is 12.6 Å². The predicted molar refractivity (Wildman–Crippen MR) is 128 cm³/mol. The zero-order chi connectivity index (χ0) is 24.1. The normalized spacial score (nSPS) is 12.3. The minimum absolute atomic E-state index is 0.0820. The topological polar surface area (TPSA) is 86.8 Å². The van der Waals surface area contributed by atoms with Gasteiger partial charge >= 0.3 is 0 Å². The number of hydrogen-bond acceptors (Lipinski definition) is 4. The number of sulfonamides is 1. The van der Waals surface area contributed by atoms with Gasteiger partial charge in [-0.05, 0) is 63.4 Å². The Morgan fingerprint density at radius 3 is 2.03 bits per heavy atom. The minimum Gasteiger partial charge on any atom is -0.352 e. The van der Waals surface area contributed by atoms with Gasteiger partial charge in [0, 0.05) is 12.6 Å². The van der Waals surface area contributed by atoms with Crippen molar-refractivity contribution in [1.29, 1.82) is 0 Å². The van der Waals surface area contributed by atoms with Crippen molar-refractivity contribution in [3.63, 3.8) is 0 Å². The molecule has 8 heteroatoms. The molecule has 0 radical (unpaired) electrons. The average molecular weight is 460 g/mol. The number of benzene rings is 2. The molecule has 2 aromatic carbocycles. The molecule has 0 fully saturated rings. The lowest BCUT2D eigenvalue weighted by Crippen LogP contribution is -2.52. The van der Waals surface area contributed by atoms with E-state index < -0.39 is 28.5 Å². The molecule has 0 heterocycles. The third-order valence-corrected chi connectivity index (χ3v) is 6.11. The zero-order valence-electron chi connectivity index (χ0n) is 19.6. The lowest BCUT2D eigenvalue weighted by Gasteiger charge is -2.32. The summed E-state index contributed by atoms with van der Waals surface area (Å²) in [5.41, 5.74) is 3.07. The Morgan fingerprint density at radius 2 is 1.53 bits per heavy atom. The molecule has 0 bridgehead atoms. The van der Waals surface area contributed by atoms with Gasteiger partial charge in [0.05, 0.1) is 11.9 Å². The third kappa shape index (κ3) is 7.09. The Kier molecular flexibility index (Phi) is 8.44. The first kappa shape index (κ1) is 25.4. The van der Waals surface area contributed by atoms with E-state index >= 15 is 0 Å².